The Balaban J connectivity index is 2.13. The Kier molecular flexibility index (Phi) is 5.05. The molecule has 0 aliphatic heterocycles. The van der Waals surface area contributed by atoms with Crippen molar-refractivity contribution in [3.8, 4) is 6.07 Å². The van der Waals surface area contributed by atoms with Gasteiger partial charge in [0.05, 0.1) is 22.6 Å². The smallest absolute Gasteiger partial charge is 0.355 e. The summed E-state index contributed by atoms with van der Waals surface area (Å²) in [5.41, 5.74) is -0.150. The molecule has 9 heteroatoms. The molecule has 1 atom stereocenters. The van der Waals surface area contributed by atoms with E-state index in [1.54, 1.807) is 0 Å². The maximum atomic E-state index is 13.9. The first-order chi connectivity index (χ1) is 13.2. The fraction of sp³-hybridized carbons (Fsp3) is 0.211. The van der Waals surface area contributed by atoms with E-state index in [1.807, 2.05) is 6.07 Å². The van der Waals surface area contributed by atoms with Gasteiger partial charge in [-0.05, 0) is 35.7 Å². The first kappa shape index (κ1) is 19.4. The molecule has 0 saturated carbocycles. The van der Waals surface area contributed by atoms with Crippen LogP contribution in [0.3, 0.4) is 0 Å². The molecule has 0 spiro atoms. The molecule has 0 fully saturated rings. The molecular weight excluding hydrogens is 378 g/mol. The second-order valence-corrected chi connectivity index (χ2v) is 6.22. The van der Waals surface area contributed by atoms with E-state index in [0.717, 1.165) is 24.3 Å². The van der Waals surface area contributed by atoms with Crippen molar-refractivity contribution in [2.24, 2.45) is 0 Å². The zero-order valence-corrected chi connectivity index (χ0v) is 14.3. The lowest BCUT2D eigenvalue weighted by atomic mass is 9.87. The zero-order chi connectivity index (χ0) is 20.5. The van der Waals surface area contributed by atoms with Gasteiger partial charge in [0, 0.05) is 23.9 Å². The first-order valence-electron chi connectivity index (χ1n) is 8.21. The number of alkyl halides is 3. The van der Waals surface area contributed by atoms with Crippen molar-refractivity contribution >= 4 is 16.6 Å². The van der Waals surface area contributed by atoms with Crippen LogP contribution >= 0.6 is 0 Å². The van der Waals surface area contributed by atoms with E-state index in [1.165, 1.54) is 18.3 Å². The fourth-order valence-corrected chi connectivity index (χ4v) is 3.25. The van der Waals surface area contributed by atoms with E-state index in [4.69, 9.17) is 5.26 Å². The fourth-order valence-electron chi connectivity index (χ4n) is 3.25. The van der Waals surface area contributed by atoms with Gasteiger partial charge in [0.1, 0.15) is 11.3 Å². The minimum Gasteiger partial charge on any atom is -0.355 e. The second-order valence-electron chi connectivity index (χ2n) is 6.22. The number of aromatic nitrogens is 1. The number of nitrogens with zero attached hydrogens (tertiary/aromatic N) is 2. The number of nitriles is 1. The van der Waals surface area contributed by atoms with Gasteiger partial charge in [0.2, 0.25) is 0 Å². The van der Waals surface area contributed by atoms with E-state index < -0.39 is 34.1 Å². The normalized spacial score (nSPS) is 12.7. The summed E-state index contributed by atoms with van der Waals surface area (Å²) in [6.45, 7) is 0. The number of hydrogen-bond donors (Lipinski definition) is 1. The average Bonchev–Trinajstić information content (AvgIpc) is 3.04. The lowest BCUT2D eigenvalue weighted by Crippen LogP contribution is -2.06. The lowest BCUT2D eigenvalue weighted by molar-refractivity contribution is -0.383. The summed E-state index contributed by atoms with van der Waals surface area (Å²) in [5, 5.41) is 20.4. The van der Waals surface area contributed by atoms with Crippen LogP contribution in [0, 0.1) is 27.3 Å². The molecule has 5 nitrogen and oxygen atoms in total. The third kappa shape index (κ3) is 3.67. The quantitative estimate of drug-likeness (QED) is 0.346. The summed E-state index contributed by atoms with van der Waals surface area (Å²) < 4.78 is 52.4. The number of rotatable bonds is 5. The summed E-state index contributed by atoms with van der Waals surface area (Å²) in [5.74, 6) is -1.33. The minimum absolute atomic E-state index is 0.107. The Bertz CT molecular complexity index is 1070. The second kappa shape index (κ2) is 7.31. The third-order valence-electron chi connectivity index (χ3n) is 4.52. The van der Waals surface area contributed by atoms with Crippen molar-refractivity contribution in [2.75, 3.05) is 0 Å². The van der Waals surface area contributed by atoms with Crippen LogP contribution in [0.4, 0.5) is 23.2 Å². The van der Waals surface area contributed by atoms with Crippen LogP contribution in [0.1, 0.15) is 35.4 Å². The molecule has 0 amide bonds. The van der Waals surface area contributed by atoms with Crippen LogP contribution in [0.15, 0.2) is 42.6 Å². The van der Waals surface area contributed by atoms with E-state index in [2.05, 4.69) is 4.98 Å². The van der Waals surface area contributed by atoms with Crippen molar-refractivity contribution in [1.29, 1.82) is 5.26 Å². The monoisotopic (exact) mass is 391 g/mol. The topological polar surface area (TPSA) is 82.7 Å². The highest BCUT2D eigenvalue weighted by molar-refractivity contribution is 5.91. The van der Waals surface area contributed by atoms with E-state index >= 15 is 0 Å². The molecule has 0 saturated heterocycles. The maximum absolute atomic E-state index is 13.9. The van der Waals surface area contributed by atoms with Gasteiger partial charge in [-0.2, -0.15) is 18.4 Å². The van der Waals surface area contributed by atoms with Gasteiger partial charge in [-0.3, -0.25) is 10.1 Å². The Morgan fingerprint density at radius 2 is 1.89 bits per heavy atom. The number of non-ortho nitro benzene ring substituents is 1. The molecule has 3 aromatic rings. The predicted octanol–water partition coefficient (Wildman–Crippen LogP) is 5.67. The predicted molar refractivity (Wildman–Crippen MR) is 93.0 cm³/mol. The SMILES string of the molecule is N#CCCC(c1ccc(C(F)(F)F)cc1)c1c[nH]c2c([N+](=O)[O-])cc(F)cc12. The molecule has 0 radical (unpaired) electrons. The molecule has 144 valence electrons. The number of nitrogens with one attached hydrogen (secondary N) is 1. The average molecular weight is 391 g/mol. The molecule has 1 unspecified atom stereocenters. The number of H-pyrrole nitrogens is 1. The number of fused-ring (bicyclic) bond motifs is 1. The van der Waals surface area contributed by atoms with Crippen molar-refractivity contribution in [1.82, 2.24) is 4.98 Å². The Hall–Kier alpha value is -3.41. The van der Waals surface area contributed by atoms with Gasteiger partial charge >= 0.3 is 6.18 Å². The van der Waals surface area contributed by atoms with Gasteiger partial charge < -0.3 is 4.98 Å². The van der Waals surface area contributed by atoms with Gasteiger partial charge in [-0.25, -0.2) is 4.39 Å². The maximum Gasteiger partial charge on any atom is 0.416 e. The number of nitro benzene ring substituents is 1. The van der Waals surface area contributed by atoms with Crippen LogP contribution < -0.4 is 0 Å². The van der Waals surface area contributed by atoms with Gasteiger partial charge in [0.25, 0.3) is 5.69 Å². The van der Waals surface area contributed by atoms with E-state index in [-0.39, 0.29) is 23.7 Å². The highest BCUT2D eigenvalue weighted by Gasteiger charge is 2.30. The molecule has 0 aliphatic carbocycles. The highest BCUT2D eigenvalue weighted by atomic mass is 19.4. The van der Waals surface area contributed by atoms with Crippen LogP contribution in [-0.4, -0.2) is 9.91 Å². The van der Waals surface area contributed by atoms with Crippen molar-refractivity contribution in [3.63, 3.8) is 0 Å². The van der Waals surface area contributed by atoms with Crippen LogP contribution in [0.5, 0.6) is 0 Å². The molecule has 0 bridgehead atoms. The molecular formula is C19H13F4N3O2. The molecule has 1 N–H and O–H groups in total. The number of halogens is 4. The molecule has 3 rings (SSSR count). The summed E-state index contributed by atoms with van der Waals surface area (Å²) in [6, 6.07) is 8.40. The molecule has 2 aromatic carbocycles. The number of benzene rings is 2. The highest BCUT2D eigenvalue weighted by Crippen LogP contribution is 2.38. The summed E-state index contributed by atoms with van der Waals surface area (Å²) in [4.78, 5) is 13.2. The summed E-state index contributed by atoms with van der Waals surface area (Å²) in [7, 11) is 0. The third-order valence-corrected chi connectivity index (χ3v) is 4.52. The van der Waals surface area contributed by atoms with Crippen LogP contribution in [0.25, 0.3) is 10.9 Å². The standard InChI is InChI=1S/C19H13F4N3O2/c20-13-8-15-16(10-25-18(15)17(9-13)26(27)28)14(2-1-7-24)11-3-5-12(6-4-11)19(21,22)23/h3-6,8-10,14,25H,1-2H2. The molecule has 28 heavy (non-hydrogen) atoms. The number of hydrogen-bond acceptors (Lipinski definition) is 3. The Morgan fingerprint density at radius 3 is 2.46 bits per heavy atom. The van der Waals surface area contributed by atoms with Crippen LogP contribution in [0.2, 0.25) is 0 Å². The van der Waals surface area contributed by atoms with Crippen molar-refractivity contribution in [2.45, 2.75) is 24.9 Å². The molecule has 0 aliphatic rings. The summed E-state index contributed by atoms with van der Waals surface area (Å²) in [6.07, 6.45) is -2.64. The first-order valence-corrected chi connectivity index (χ1v) is 8.21. The minimum atomic E-state index is -4.48. The van der Waals surface area contributed by atoms with E-state index in [9.17, 15) is 27.7 Å². The summed E-state index contributed by atoms with van der Waals surface area (Å²) >= 11 is 0. The van der Waals surface area contributed by atoms with Crippen LogP contribution in [-0.2, 0) is 6.18 Å². The Labute approximate surface area is 156 Å². The van der Waals surface area contributed by atoms with E-state index in [0.29, 0.717) is 11.1 Å². The largest absolute Gasteiger partial charge is 0.416 e. The van der Waals surface area contributed by atoms with Crippen molar-refractivity contribution in [3.05, 3.63) is 75.2 Å². The lowest BCUT2D eigenvalue weighted by Gasteiger charge is -2.17. The molecule has 1 heterocycles. The van der Waals surface area contributed by atoms with Gasteiger partial charge in [-0.1, -0.05) is 12.1 Å². The Morgan fingerprint density at radius 1 is 1.21 bits per heavy atom. The number of nitro groups is 1. The van der Waals surface area contributed by atoms with Gasteiger partial charge in [-0.15, -0.1) is 0 Å². The van der Waals surface area contributed by atoms with Gasteiger partial charge in [0.15, 0.2) is 0 Å². The number of aromatic amines is 1. The molecule has 1 aromatic heterocycles. The van der Waals surface area contributed by atoms with Crippen molar-refractivity contribution < 1.29 is 22.5 Å². The zero-order valence-electron chi connectivity index (χ0n) is 14.3.